The number of aryl methyl sites for hydroxylation is 2. The van der Waals surface area contributed by atoms with Crippen molar-refractivity contribution < 1.29 is 4.79 Å². The van der Waals surface area contributed by atoms with E-state index in [0.29, 0.717) is 5.56 Å². The van der Waals surface area contributed by atoms with Crippen LogP contribution in [0.2, 0.25) is 5.02 Å². The number of hydrogen-bond acceptors (Lipinski definition) is 3. The highest BCUT2D eigenvalue weighted by molar-refractivity contribution is 6.34. The number of anilines is 2. The molecule has 2 aromatic rings. The molecule has 1 aromatic heterocycles. The molecule has 1 aromatic carbocycles. The Bertz CT molecular complexity index is 685. The summed E-state index contributed by atoms with van der Waals surface area (Å²) in [6.07, 6.45) is 4.76. The summed E-state index contributed by atoms with van der Waals surface area (Å²) >= 11 is 5.97. The van der Waals surface area contributed by atoms with Gasteiger partial charge in [-0.15, -0.1) is 0 Å². The Hall–Kier alpha value is -2.07. The molecule has 0 radical (unpaired) electrons. The number of aromatic nitrogens is 1. The Morgan fingerprint density at radius 1 is 1.25 bits per heavy atom. The fourth-order valence-electron chi connectivity index (χ4n) is 2.48. The average molecular weight is 288 g/mol. The van der Waals surface area contributed by atoms with Crippen molar-refractivity contribution in [1.82, 2.24) is 4.98 Å². The molecule has 102 valence electrons. The normalized spacial score (nSPS) is 13.1. The maximum absolute atomic E-state index is 12.2. The summed E-state index contributed by atoms with van der Waals surface area (Å²) in [7, 11) is 0. The van der Waals surface area contributed by atoms with Crippen molar-refractivity contribution >= 4 is 29.0 Å². The molecule has 1 heterocycles. The topological polar surface area (TPSA) is 68.0 Å². The largest absolute Gasteiger partial charge is 0.384 e. The number of nitrogens with two attached hydrogens (primary N) is 1. The third-order valence-electron chi connectivity index (χ3n) is 3.48. The maximum Gasteiger partial charge on any atom is 0.257 e. The zero-order chi connectivity index (χ0) is 14.1. The van der Waals surface area contributed by atoms with Gasteiger partial charge < -0.3 is 11.1 Å². The highest BCUT2D eigenvalue weighted by Gasteiger charge is 2.14. The summed E-state index contributed by atoms with van der Waals surface area (Å²) in [4.78, 5) is 16.1. The van der Waals surface area contributed by atoms with Crippen molar-refractivity contribution in [2.45, 2.75) is 19.3 Å². The number of carbonyl (C=O) groups excluding carboxylic acids is 1. The van der Waals surface area contributed by atoms with Gasteiger partial charge in [-0.05, 0) is 48.6 Å². The second-order valence-electron chi connectivity index (χ2n) is 4.88. The third kappa shape index (κ3) is 2.47. The first-order chi connectivity index (χ1) is 9.63. The van der Waals surface area contributed by atoms with Crippen LogP contribution in [0.1, 0.15) is 27.9 Å². The van der Waals surface area contributed by atoms with E-state index in [4.69, 9.17) is 17.3 Å². The first-order valence-corrected chi connectivity index (χ1v) is 6.85. The number of nitrogens with zero attached hydrogens (tertiary/aromatic N) is 1. The molecule has 0 saturated carbocycles. The lowest BCUT2D eigenvalue weighted by molar-refractivity contribution is 0.102. The monoisotopic (exact) mass is 287 g/mol. The Balaban J connectivity index is 1.84. The minimum Gasteiger partial charge on any atom is -0.384 e. The molecule has 20 heavy (non-hydrogen) atoms. The first kappa shape index (κ1) is 12.9. The summed E-state index contributed by atoms with van der Waals surface area (Å²) in [6, 6.07) is 7.49. The van der Waals surface area contributed by atoms with Gasteiger partial charge >= 0.3 is 0 Å². The molecular formula is C15H14ClN3O. The van der Waals surface area contributed by atoms with Gasteiger partial charge in [0.05, 0.1) is 10.6 Å². The van der Waals surface area contributed by atoms with Gasteiger partial charge in [0.15, 0.2) is 0 Å². The number of rotatable bonds is 2. The predicted molar refractivity (Wildman–Crippen MR) is 80.1 cm³/mol. The van der Waals surface area contributed by atoms with E-state index >= 15 is 0 Å². The van der Waals surface area contributed by atoms with Crippen LogP contribution in [0.5, 0.6) is 0 Å². The van der Waals surface area contributed by atoms with E-state index < -0.39 is 0 Å². The van der Waals surface area contributed by atoms with Crippen LogP contribution < -0.4 is 11.1 Å². The van der Waals surface area contributed by atoms with Crippen molar-refractivity contribution in [2.75, 3.05) is 11.1 Å². The summed E-state index contributed by atoms with van der Waals surface area (Å²) < 4.78 is 0. The van der Waals surface area contributed by atoms with Gasteiger partial charge in [-0.25, -0.2) is 4.98 Å². The molecular weight excluding hydrogens is 274 g/mol. The minimum atomic E-state index is -0.276. The van der Waals surface area contributed by atoms with Crippen LogP contribution in [0.15, 0.2) is 30.5 Å². The number of halogens is 1. The van der Waals surface area contributed by atoms with Crippen LogP contribution in [-0.4, -0.2) is 10.9 Å². The number of nitrogen functional groups attached to an aromatic ring is 1. The molecule has 5 heteroatoms. The van der Waals surface area contributed by atoms with Gasteiger partial charge in [0.25, 0.3) is 5.91 Å². The lowest BCUT2D eigenvalue weighted by Crippen LogP contribution is -2.13. The molecule has 3 N–H and O–H groups in total. The van der Waals surface area contributed by atoms with E-state index in [-0.39, 0.29) is 16.7 Å². The molecule has 1 aliphatic carbocycles. The molecule has 0 unspecified atom stereocenters. The van der Waals surface area contributed by atoms with Gasteiger partial charge in [-0.1, -0.05) is 17.7 Å². The van der Waals surface area contributed by atoms with Crippen molar-refractivity contribution in [1.29, 1.82) is 0 Å². The molecule has 0 aliphatic heterocycles. The van der Waals surface area contributed by atoms with Gasteiger partial charge in [-0.3, -0.25) is 4.79 Å². The number of amides is 1. The van der Waals surface area contributed by atoms with E-state index in [9.17, 15) is 4.79 Å². The number of hydrogen-bond donors (Lipinski definition) is 2. The maximum atomic E-state index is 12.2. The van der Waals surface area contributed by atoms with E-state index in [1.165, 1.54) is 29.8 Å². The lowest BCUT2D eigenvalue weighted by atomic mass is 10.1. The molecule has 0 saturated heterocycles. The van der Waals surface area contributed by atoms with Crippen LogP contribution in [0.4, 0.5) is 11.5 Å². The van der Waals surface area contributed by atoms with Crippen molar-refractivity contribution in [2.24, 2.45) is 0 Å². The molecule has 3 rings (SSSR count). The molecule has 0 atom stereocenters. The number of carbonyl (C=O) groups is 1. The molecule has 0 bridgehead atoms. The molecule has 0 spiro atoms. The summed E-state index contributed by atoms with van der Waals surface area (Å²) in [5.74, 6) is -0.00412. The molecule has 1 amide bonds. The van der Waals surface area contributed by atoms with E-state index in [1.54, 1.807) is 0 Å². The number of benzene rings is 1. The first-order valence-electron chi connectivity index (χ1n) is 6.47. The van der Waals surface area contributed by atoms with Gasteiger partial charge in [0.1, 0.15) is 5.82 Å². The number of pyridine rings is 1. The fourth-order valence-corrected chi connectivity index (χ4v) is 2.67. The predicted octanol–water partition coefficient (Wildman–Crippen LogP) is 3.06. The minimum absolute atomic E-state index is 0.272. The van der Waals surface area contributed by atoms with Crippen LogP contribution in [0.25, 0.3) is 0 Å². The van der Waals surface area contributed by atoms with E-state index in [2.05, 4.69) is 16.4 Å². The summed E-state index contributed by atoms with van der Waals surface area (Å²) in [5, 5.41) is 3.14. The standard InChI is InChI=1S/C15H14ClN3O/c16-13-8-18-14(17)7-12(13)15(20)19-11-5-4-9-2-1-3-10(9)6-11/h4-8H,1-3H2,(H2,17,18)(H,19,20). The SMILES string of the molecule is Nc1cc(C(=O)Nc2ccc3c(c2)CCC3)c(Cl)cn1. The van der Waals surface area contributed by atoms with Gasteiger partial charge in [-0.2, -0.15) is 0 Å². The molecule has 0 fully saturated rings. The molecule has 4 nitrogen and oxygen atoms in total. The van der Waals surface area contributed by atoms with E-state index in [0.717, 1.165) is 18.5 Å². The van der Waals surface area contributed by atoms with Gasteiger partial charge in [0, 0.05) is 11.9 Å². The van der Waals surface area contributed by atoms with Crippen molar-refractivity contribution in [3.05, 3.63) is 52.2 Å². The van der Waals surface area contributed by atoms with Crippen LogP contribution >= 0.6 is 11.6 Å². The number of fused-ring (bicyclic) bond motifs is 1. The fraction of sp³-hybridized carbons (Fsp3) is 0.200. The Morgan fingerprint density at radius 3 is 2.90 bits per heavy atom. The lowest BCUT2D eigenvalue weighted by Gasteiger charge is -2.09. The second kappa shape index (κ2) is 5.13. The zero-order valence-corrected chi connectivity index (χ0v) is 11.6. The Labute approximate surface area is 122 Å². The van der Waals surface area contributed by atoms with E-state index in [1.807, 2.05) is 12.1 Å². The highest BCUT2D eigenvalue weighted by atomic mass is 35.5. The average Bonchev–Trinajstić information content (AvgIpc) is 2.89. The highest BCUT2D eigenvalue weighted by Crippen LogP contribution is 2.25. The Morgan fingerprint density at radius 2 is 2.05 bits per heavy atom. The molecule has 1 aliphatic rings. The van der Waals surface area contributed by atoms with Crippen molar-refractivity contribution in [3.8, 4) is 0 Å². The second-order valence-corrected chi connectivity index (χ2v) is 5.29. The zero-order valence-electron chi connectivity index (χ0n) is 10.8. The van der Waals surface area contributed by atoms with Crippen molar-refractivity contribution in [3.63, 3.8) is 0 Å². The quantitative estimate of drug-likeness (QED) is 0.892. The number of nitrogens with one attached hydrogen (secondary N) is 1. The summed E-state index contributed by atoms with van der Waals surface area (Å²) in [5.41, 5.74) is 9.37. The van der Waals surface area contributed by atoms with Crippen LogP contribution in [0, 0.1) is 0 Å². The van der Waals surface area contributed by atoms with Crippen LogP contribution in [-0.2, 0) is 12.8 Å². The smallest absolute Gasteiger partial charge is 0.257 e. The van der Waals surface area contributed by atoms with Gasteiger partial charge in [0.2, 0.25) is 0 Å². The summed E-state index contributed by atoms with van der Waals surface area (Å²) in [6.45, 7) is 0. The third-order valence-corrected chi connectivity index (χ3v) is 3.78. The van der Waals surface area contributed by atoms with Crippen LogP contribution in [0.3, 0.4) is 0 Å². The Kier molecular flexibility index (Phi) is 3.32.